The first-order valence-electron chi connectivity index (χ1n) is 8.77. The molecule has 2 aromatic carbocycles. The van der Waals surface area contributed by atoms with Gasteiger partial charge in [0.1, 0.15) is 11.6 Å². The van der Waals surface area contributed by atoms with E-state index in [1.165, 1.54) is 18.2 Å². The quantitative estimate of drug-likeness (QED) is 0.535. The van der Waals surface area contributed by atoms with Gasteiger partial charge in [-0.15, -0.1) is 13.2 Å². The summed E-state index contributed by atoms with van der Waals surface area (Å²) in [5, 5.41) is 15.2. The lowest BCUT2D eigenvalue weighted by molar-refractivity contribution is -0.274. The number of aliphatic hydroxyl groups excluding tert-OH is 1. The summed E-state index contributed by atoms with van der Waals surface area (Å²) in [6.45, 7) is 1.65. The highest BCUT2D eigenvalue weighted by atomic mass is 19.4. The SMILES string of the molecule is C[C@@H](CO)Nc1nc(Nc2cccc(OC(F)(F)F)c2)cc(-c2ccccc2)n1. The van der Waals surface area contributed by atoms with Gasteiger partial charge >= 0.3 is 6.36 Å². The highest BCUT2D eigenvalue weighted by molar-refractivity contribution is 5.67. The second kappa shape index (κ2) is 8.78. The van der Waals surface area contributed by atoms with Crippen molar-refractivity contribution in [1.82, 2.24) is 9.97 Å². The van der Waals surface area contributed by atoms with Gasteiger partial charge in [0.05, 0.1) is 12.3 Å². The second-order valence-corrected chi connectivity index (χ2v) is 6.26. The predicted octanol–water partition coefficient (Wildman–Crippen LogP) is 4.58. The third-order valence-corrected chi connectivity index (χ3v) is 3.79. The van der Waals surface area contributed by atoms with Crippen LogP contribution in [0.15, 0.2) is 60.7 Å². The van der Waals surface area contributed by atoms with Gasteiger partial charge < -0.3 is 20.5 Å². The van der Waals surface area contributed by atoms with Crippen LogP contribution in [-0.2, 0) is 0 Å². The Kier molecular flexibility index (Phi) is 6.18. The topological polar surface area (TPSA) is 79.3 Å². The number of nitrogens with one attached hydrogen (secondary N) is 2. The third kappa shape index (κ3) is 6.08. The standard InChI is InChI=1S/C20H19F3N4O2/c1-13(12-28)24-19-26-17(14-6-3-2-4-7-14)11-18(27-19)25-15-8-5-9-16(10-15)29-20(21,22)23/h2-11,13,28H,12H2,1H3,(H2,24,25,26,27)/t13-/m0/s1. The molecule has 0 fully saturated rings. The zero-order valence-electron chi connectivity index (χ0n) is 15.4. The van der Waals surface area contributed by atoms with Gasteiger partial charge in [0.15, 0.2) is 0 Å². The molecule has 9 heteroatoms. The molecule has 0 aliphatic heterocycles. The number of alkyl halides is 3. The van der Waals surface area contributed by atoms with Gasteiger partial charge in [0.2, 0.25) is 5.95 Å². The lowest BCUT2D eigenvalue weighted by atomic mass is 10.1. The Hall–Kier alpha value is -3.33. The van der Waals surface area contributed by atoms with Crippen LogP contribution in [0.5, 0.6) is 5.75 Å². The summed E-state index contributed by atoms with van der Waals surface area (Å²) < 4.78 is 41.3. The van der Waals surface area contributed by atoms with Crippen molar-refractivity contribution in [2.45, 2.75) is 19.3 Å². The van der Waals surface area contributed by atoms with Gasteiger partial charge in [0, 0.05) is 29.4 Å². The Morgan fingerprint density at radius 3 is 2.48 bits per heavy atom. The Morgan fingerprint density at radius 2 is 1.79 bits per heavy atom. The number of rotatable bonds is 7. The first-order chi connectivity index (χ1) is 13.8. The van der Waals surface area contributed by atoms with Crippen LogP contribution in [0.25, 0.3) is 11.3 Å². The van der Waals surface area contributed by atoms with Gasteiger partial charge in [-0.1, -0.05) is 36.4 Å². The maximum Gasteiger partial charge on any atom is 0.573 e. The first-order valence-corrected chi connectivity index (χ1v) is 8.77. The van der Waals surface area contributed by atoms with E-state index < -0.39 is 6.36 Å². The number of anilines is 3. The summed E-state index contributed by atoms with van der Waals surface area (Å²) in [6, 6.07) is 16.2. The molecule has 0 radical (unpaired) electrons. The molecule has 3 N–H and O–H groups in total. The molecule has 152 valence electrons. The molecule has 6 nitrogen and oxygen atoms in total. The Morgan fingerprint density at radius 1 is 1.03 bits per heavy atom. The summed E-state index contributed by atoms with van der Waals surface area (Å²) >= 11 is 0. The van der Waals surface area contributed by atoms with Crippen molar-refractivity contribution in [3.8, 4) is 17.0 Å². The van der Waals surface area contributed by atoms with E-state index >= 15 is 0 Å². The van der Waals surface area contributed by atoms with Crippen LogP contribution < -0.4 is 15.4 Å². The molecule has 0 spiro atoms. The lowest BCUT2D eigenvalue weighted by Crippen LogP contribution is -2.21. The molecule has 0 amide bonds. The number of benzene rings is 2. The minimum atomic E-state index is -4.77. The predicted molar refractivity (Wildman–Crippen MR) is 104 cm³/mol. The average molecular weight is 404 g/mol. The van der Waals surface area contributed by atoms with Crippen molar-refractivity contribution in [3.05, 3.63) is 60.7 Å². The van der Waals surface area contributed by atoms with Gasteiger partial charge in [-0.3, -0.25) is 0 Å². The molecule has 0 saturated heterocycles. The van der Waals surface area contributed by atoms with Crippen LogP contribution in [0.3, 0.4) is 0 Å². The van der Waals surface area contributed by atoms with E-state index in [0.717, 1.165) is 5.56 Å². The van der Waals surface area contributed by atoms with E-state index in [0.29, 0.717) is 17.2 Å². The normalized spacial score (nSPS) is 12.3. The van der Waals surface area contributed by atoms with Crippen molar-refractivity contribution in [2.75, 3.05) is 17.2 Å². The maximum absolute atomic E-state index is 12.5. The Bertz CT molecular complexity index is 952. The van der Waals surface area contributed by atoms with Crippen molar-refractivity contribution < 1.29 is 23.0 Å². The van der Waals surface area contributed by atoms with Crippen LogP contribution in [0.2, 0.25) is 0 Å². The third-order valence-electron chi connectivity index (χ3n) is 3.79. The van der Waals surface area contributed by atoms with Crippen molar-refractivity contribution in [2.24, 2.45) is 0 Å². The van der Waals surface area contributed by atoms with E-state index in [4.69, 9.17) is 0 Å². The molecule has 29 heavy (non-hydrogen) atoms. The number of aliphatic hydroxyl groups is 1. The highest BCUT2D eigenvalue weighted by Gasteiger charge is 2.31. The zero-order chi connectivity index (χ0) is 20.9. The molecular weight excluding hydrogens is 385 g/mol. The van der Waals surface area contributed by atoms with Crippen LogP contribution in [0.1, 0.15) is 6.92 Å². The number of hydrogen-bond donors (Lipinski definition) is 3. The Balaban J connectivity index is 1.92. The summed E-state index contributed by atoms with van der Waals surface area (Å²) in [5.41, 5.74) is 1.82. The van der Waals surface area contributed by atoms with Gasteiger partial charge in [-0.25, -0.2) is 4.98 Å². The zero-order valence-corrected chi connectivity index (χ0v) is 15.4. The van der Waals surface area contributed by atoms with Crippen LogP contribution in [0.4, 0.5) is 30.6 Å². The molecule has 0 bridgehead atoms. The van der Waals surface area contributed by atoms with E-state index in [1.807, 2.05) is 30.3 Å². The van der Waals surface area contributed by atoms with E-state index in [1.54, 1.807) is 19.1 Å². The fourth-order valence-electron chi connectivity index (χ4n) is 2.52. The second-order valence-electron chi connectivity index (χ2n) is 6.26. The summed E-state index contributed by atoms with van der Waals surface area (Å²) in [6.07, 6.45) is -4.77. The van der Waals surface area contributed by atoms with Gasteiger partial charge in [-0.05, 0) is 19.1 Å². The number of hydrogen-bond acceptors (Lipinski definition) is 6. The largest absolute Gasteiger partial charge is 0.573 e. The molecule has 0 saturated carbocycles. The van der Waals surface area contributed by atoms with Crippen molar-refractivity contribution in [3.63, 3.8) is 0 Å². The van der Waals surface area contributed by atoms with Crippen molar-refractivity contribution >= 4 is 17.5 Å². The number of aromatic nitrogens is 2. The smallest absolute Gasteiger partial charge is 0.406 e. The van der Waals surface area contributed by atoms with E-state index in [2.05, 4.69) is 25.3 Å². The molecule has 0 aliphatic rings. The monoisotopic (exact) mass is 404 g/mol. The van der Waals surface area contributed by atoms with E-state index in [9.17, 15) is 18.3 Å². The van der Waals surface area contributed by atoms with Crippen LogP contribution in [-0.4, -0.2) is 34.1 Å². The highest BCUT2D eigenvalue weighted by Crippen LogP contribution is 2.28. The number of ether oxygens (including phenoxy) is 1. The van der Waals surface area contributed by atoms with Crippen LogP contribution in [0, 0.1) is 0 Å². The summed E-state index contributed by atoms with van der Waals surface area (Å²) in [4.78, 5) is 8.79. The molecule has 1 heterocycles. The summed E-state index contributed by atoms with van der Waals surface area (Å²) in [5.74, 6) is 0.306. The number of nitrogens with zero attached hydrogens (tertiary/aromatic N) is 2. The summed E-state index contributed by atoms with van der Waals surface area (Å²) in [7, 11) is 0. The fourth-order valence-corrected chi connectivity index (χ4v) is 2.52. The van der Waals surface area contributed by atoms with Crippen LogP contribution >= 0.6 is 0 Å². The minimum Gasteiger partial charge on any atom is -0.406 e. The molecule has 0 aliphatic carbocycles. The lowest BCUT2D eigenvalue weighted by Gasteiger charge is -2.15. The number of halogens is 3. The first kappa shape index (κ1) is 20.4. The fraction of sp³-hybridized carbons (Fsp3) is 0.200. The molecule has 3 aromatic rings. The molecule has 0 unspecified atom stereocenters. The molecule has 1 atom stereocenters. The van der Waals surface area contributed by atoms with E-state index in [-0.39, 0.29) is 24.3 Å². The van der Waals surface area contributed by atoms with Crippen molar-refractivity contribution in [1.29, 1.82) is 0 Å². The molecular formula is C20H19F3N4O2. The minimum absolute atomic E-state index is 0.113. The van der Waals surface area contributed by atoms with Gasteiger partial charge in [0.25, 0.3) is 0 Å². The average Bonchev–Trinajstić information content (AvgIpc) is 2.67. The molecule has 1 aromatic heterocycles. The Labute approximate surface area is 165 Å². The maximum atomic E-state index is 12.5. The molecule has 3 rings (SSSR count). The van der Waals surface area contributed by atoms with Gasteiger partial charge in [-0.2, -0.15) is 4.98 Å².